The molecule has 0 saturated carbocycles. The van der Waals surface area contributed by atoms with Crippen LogP contribution in [0.15, 0.2) is 55.4 Å². The highest BCUT2D eigenvalue weighted by molar-refractivity contribution is 5.81. The van der Waals surface area contributed by atoms with Crippen LogP contribution in [-0.4, -0.2) is 40.4 Å². The summed E-state index contributed by atoms with van der Waals surface area (Å²) in [5.74, 6) is -0.156. The van der Waals surface area contributed by atoms with Crippen LogP contribution in [0, 0.1) is 5.92 Å². The van der Waals surface area contributed by atoms with E-state index in [4.69, 9.17) is 5.11 Å². The lowest BCUT2D eigenvalue weighted by Crippen LogP contribution is -2.34. The largest absolute Gasteiger partial charge is 0.478 e. The Morgan fingerprint density at radius 2 is 2.00 bits per heavy atom. The number of aldehydes is 1. The molecular formula is C19H21N3O3. The molecule has 25 heavy (non-hydrogen) atoms. The molecule has 2 rings (SSSR count). The van der Waals surface area contributed by atoms with E-state index in [1.165, 1.54) is 6.08 Å². The van der Waals surface area contributed by atoms with E-state index < -0.39 is 5.97 Å². The number of hydrogen-bond acceptors (Lipinski definition) is 5. The average Bonchev–Trinajstić information content (AvgIpc) is 2.64. The fraction of sp³-hybridized carbons (Fsp3) is 0.263. The minimum Gasteiger partial charge on any atom is -0.478 e. The number of aromatic nitrogens is 2. The van der Waals surface area contributed by atoms with Gasteiger partial charge in [-0.1, -0.05) is 19.2 Å². The van der Waals surface area contributed by atoms with Gasteiger partial charge in [0.25, 0.3) is 0 Å². The van der Waals surface area contributed by atoms with Crippen molar-refractivity contribution in [2.24, 2.45) is 5.92 Å². The van der Waals surface area contributed by atoms with E-state index in [2.05, 4.69) is 28.0 Å². The zero-order valence-electron chi connectivity index (χ0n) is 14.0. The highest BCUT2D eigenvalue weighted by Crippen LogP contribution is 2.22. The number of rotatable bonds is 7. The highest BCUT2D eigenvalue weighted by Gasteiger charge is 2.20. The lowest BCUT2D eigenvalue weighted by atomic mass is 9.99. The maximum atomic E-state index is 10.9. The maximum absolute atomic E-state index is 10.9. The van der Waals surface area contributed by atoms with Gasteiger partial charge in [-0.05, 0) is 30.6 Å². The SMILES string of the molecule is C=C/C(=C\C(=C)/C=C/C(=O)O)c1cncc(N2CCC(C=O)CC2)n1. The summed E-state index contributed by atoms with van der Waals surface area (Å²) in [6.07, 6.45) is 11.8. The molecule has 0 radical (unpaired) electrons. The number of carbonyl (C=O) groups is 2. The molecule has 1 aromatic rings. The molecule has 1 aromatic heterocycles. The number of aliphatic carboxylic acids is 1. The zero-order chi connectivity index (χ0) is 18.2. The average molecular weight is 339 g/mol. The number of nitrogens with zero attached hydrogens (tertiary/aromatic N) is 3. The molecule has 0 unspecified atom stereocenters. The molecule has 6 heteroatoms. The standard InChI is InChI=1S/C19H21N3O3/c1-3-16(10-14(2)4-5-19(24)25)17-11-20-12-18(21-17)22-8-6-15(13-23)7-9-22/h3-5,10-13,15H,1-2,6-9H2,(H,24,25)/b5-4+,16-10+. The van der Waals surface area contributed by atoms with Gasteiger partial charge in [0.2, 0.25) is 0 Å². The Kier molecular flexibility index (Phi) is 6.39. The minimum atomic E-state index is -1.03. The molecule has 0 aliphatic carbocycles. The first-order valence-corrected chi connectivity index (χ1v) is 8.00. The minimum absolute atomic E-state index is 0.125. The fourth-order valence-electron chi connectivity index (χ4n) is 2.58. The second-order valence-corrected chi connectivity index (χ2v) is 5.77. The molecule has 1 aliphatic heterocycles. The molecule has 1 aliphatic rings. The van der Waals surface area contributed by atoms with Crippen molar-refractivity contribution >= 4 is 23.6 Å². The fourth-order valence-corrected chi connectivity index (χ4v) is 2.58. The first-order chi connectivity index (χ1) is 12.0. The molecule has 0 spiro atoms. The quantitative estimate of drug-likeness (QED) is 0.467. The number of piperidine rings is 1. The molecule has 1 fully saturated rings. The highest BCUT2D eigenvalue weighted by atomic mass is 16.4. The second-order valence-electron chi connectivity index (χ2n) is 5.77. The Balaban J connectivity index is 2.18. The van der Waals surface area contributed by atoms with Crippen LogP contribution in [0.2, 0.25) is 0 Å². The van der Waals surface area contributed by atoms with E-state index in [1.54, 1.807) is 24.5 Å². The molecule has 0 amide bonds. The topological polar surface area (TPSA) is 83.4 Å². The number of carbonyl (C=O) groups excluding carboxylic acids is 1. The third-order valence-corrected chi connectivity index (χ3v) is 3.97. The molecule has 6 nitrogen and oxygen atoms in total. The lowest BCUT2D eigenvalue weighted by Gasteiger charge is -2.30. The van der Waals surface area contributed by atoms with Crippen molar-refractivity contribution in [1.29, 1.82) is 0 Å². The van der Waals surface area contributed by atoms with Crippen molar-refractivity contribution in [2.45, 2.75) is 12.8 Å². The van der Waals surface area contributed by atoms with Crippen molar-refractivity contribution in [3.8, 4) is 0 Å². The van der Waals surface area contributed by atoms with Crippen molar-refractivity contribution in [2.75, 3.05) is 18.0 Å². The van der Waals surface area contributed by atoms with Gasteiger partial charge in [-0.25, -0.2) is 9.78 Å². The summed E-state index contributed by atoms with van der Waals surface area (Å²) in [5.41, 5.74) is 1.86. The summed E-state index contributed by atoms with van der Waals surface area (Å²) in [5, 5.41) is 8.67. The van der Waals surface area contributed by atoms with E-state index in [-0.39, 0.29) is 5.92 Å². The van der Waals surface area contributed by atoms with Gasteiger partial charge in [-0.3, -0.25) is 4.98 Å². The number of hydrogen-bond donors (Lipinski definition) is 1. The maximum Gasteiger partial charge on any atom is 0.328 e. The first kappa shape index (κ1) is 18.3. The van der Waals surface area contributed by atoms with Crippen LogP contribution in [0.5, 0.6) is 0 Å². The molecule has 1 N–H and O–H groups in total. The lowest BCUT2D eigenvalue weighted by molar-refractivity contribution is -0.131. The van der Waals surface area contributed by atoms with Crippen LogP contribution in [0.1, 0.15) is 18.5 Å². The van der Waals surface area contributed by atoms with Gasteiger partial charge in [-0.15, -0.1) is 0 Å². The Morgan fingerprint density at radius 3 is 2.60 bits per heavy atom. The number of anilines is 1. The number of carboxylic acid groups (broad SMARTS) is 1. The van der Waals surface area contributed by atoms with Gasteiger partial charge in [0.1, 0.15) is 12.1 Å². The number of carboxylic acids is 1. The smallest absolute Gasteiger partial charge is 0.328 e. The van der Waals surface area contributed by atoms with Crippen molar-refractivity contribution in [1.82, 2.24) is 9.97 Å². The van der Waals surface area contributed by atoms with E-state index >= 15 is 0 Å². The van der Waals surface area contributed by atoms with Crippen LogP contribution < -0.4 is 4.90 Å². The summed E-state index contributed by atoms with van der Waals surface area (Å²) < 4.78 is 0. The van der Waals surface area contributed by atoms with Crippen molar-refractivity contribution in [3.63, 3.8) is 0 Å². The van der Waals surface area contributed by atoms with E-state index in [9.17, 15) is 9.59 Å². The van der Waals surface area contributed by atoms with Gasteiger partial charge in [0, 0.05) is 30.7 Å². The summed E-state index contributed by atoms with van der Waals surface area (Å²) >= 11 is 0. The second kappa shape index (κ2) is 8.73. The summed E-state index contributed by atoms with van der Waals surface area (Å²) in [7, 11) is 0. The molecule has 0 aromatic carbocycles. The van der Waals surface area contributed by atoms with Gasteiger partial charge in [0.15, 0.2) is 0 Å². The predicted octanol–water partition coefficient (Wildman–Crippen LogP) is 2.66. The third kappa shape index (κ3) is 5.24. The number of allylic oxidation sites excluding steroid dienone is 5. The van der Waals surface area contributed by atoms with Crippen LogP contribution in [-0.2, 0) is 9.59 Å². The van der Waals surface area contributed by atoms with Crippen LogP contribution in [0.4, 0.5) is 5.82 Å². The van der Waals surface area contributed by atoms with Gasteiger partial charge in [-0.2, -0.15) is 0 Å². The Bertz CT molecular complexity index is 729. The van der Waals surface area contributed by atoms with E-state index in [0.29, 0.717) is 16.8 Å². The monoisotopic (exact) mass is 339 g/mol. The summed E-state index contributed by atoms with van der Waals surface area (Å²) in [6.45, 7) is 9.12. The summed E-state index contributed by atoms with van der Waals surface area (Å²) in [4.78, 5) is 32.4. The zero-order valence-corrected chi connectivity index (χ0v) is 14.0. The molecule has 130 valence electrons. The van der Waals surface area contributed by atoms with Gasteiger partial charge >= 0.3 is 5.97 Å². The normalized spacial score (nSPS) is 16.0. The summed E-state index contributed by atoms with van der Waals surface area (Å²) in [6, 6.07) is 0. The Morgan fingerprint density at radius 1 is 1.28 bits per heavy atom. The van der Waals surface area contributed by atoms with Crippen LogP contribution in [0.3, 0.4) is 0 Å². The predicted molar refractivity (Wildman–Crippen MR) is 97.1 cm³/mol. The van der Waals surface area contributed by atoms with E-state index in [0.717, 1.165) is 44.1 Å². The van der Waals surface area contributed by atoms with E-state index in [1.807, 2.05) is 0 Å². The molecule has 2 heterocycles. The Labute approximate surface area is 146 Å². The van der Waals surface area contributed by atoms with Crippen LogP contribution >= 0.6 is 0 Å². The molecule has 0 atom stereocenters. The van der Waals surface area contributed by atoms with Crippen LogP contribution in [0.25, 0.3) is 5.57 Å². The van der Waals surface area contributed by atoms with Gasteiger partial charge in [0.05, 0.1) is 18.1 Å². The third-order valence-electron chi connectivity index (χ3n) is 3.97. The van der Waals surface area contributed by atoms with Gasteiger partial charge < -0.3 is 14.8 Å². The molecule has 0 bridgehead atoms. The van der Waals surface area contributed by atoms with Crippen molar-refractivity contribution in [3.05, 3.63) is 61.1 Å². The first-order valence-electron chi connectivity index (χ1n) is 8.00. The Hall–Kier alpha value is -3.02. The molecular weight excluding hydrogens is 318 g/mol. The molecule has 1 saturated heterocycles. The van der Waals surface area contributed by atoms with Crippen molar-refractivity contribution < 1.29 is 14.7 Å².